The first-order valence-corrected chi connectivity index (χ1v) is 23.0. The lowest BCUT2D eigenvalue weighted by atomic mass is 9.89. The van der Waals surface area contributed by atoms with Crippen LogP contribution in [-0.2, 0) is 37.5 Å². The molecule has 0 spiro atoms. The molecule has 0 aliphatic heterocycles. The highest BCUT2D eigenvalue weighted by Crippen LogP contribution is 2.43. The molecule has 1 aliphatic carbocycles. The highest BCUT2D eigenvalue weighted by atomic mass is 31.2. The summed E-state index contributed by atoms with van der Waals surface area (Å²) in [6.45, 7) is 2.14. The first-order chi connectivity index (χ1) is 29.3. The lowest BCUT2D eigenvalue weighted by Crippen LogP contribution is -2.34. The molecule has 0 heterocycles. The van der Waals surface area contributed by atoms with Crippen LogP contribution < -0.4 is 5.73 Å². The standard InChI is InChI=1S/C46H72NO13P/c1-3-5-7-8-9-10-11-12-13-14-15-16-17-18-19-20-21-22-24-30-45(52)60-38(35-58-61(55,56)59-36-41(47)46(53)54)34-57-44(51)29-26-25-28-39-40(43(50)33-42(39)49)32-31-37(48)27-23-6-4-2/h5,7,9-10,12-13,15-16,18-19,21-22,25-26,31-32,37-43,48-50H,3-4,6,8,11,14,17,20,23-24,27-30,33-36,47H2,1-2H3,(H,53,54)(H,55,56)/b7-5-,10-9-,13-12-,16-15-,19-18-,22-21-,26-25-,32-31+/t37-,38-,39+,40-,41+,42+,43-/m1/s1. The van der Waals surface area contributed by atoms with E-state index in [1.165, 1.54) is 0 Å². The molecule has 0 aromatic rings. The molecule has 1 rings (SSSR count). The Hall–Kier alpha value is -3.72. The Morgan fingerprint density at radius 3 is 1.90 bits per heavy atom. The topological polar surface area (TPSA) is 232 Å². The zero-order chi connectivity index (χ0) is 45.1. The van der Waals surface area contributed by atoms with Crippen LogP contribution in [0.3, 0.4) is 0 Å². The van der Waals surface area contributed by atoms with Crippen molar-refractivity contribution < 1.29 is 62.8 Å². The second-order valence-electron chi connectivity index (χ2n) is 14.7. The van der Waals surface area contributed by atoms with Gasteiger partial charge in [-0.2, -0.15) is 0 Å². The molecule has 0 aromatic carbocycles. The fourth-order valence-electron chi connectivity index (χ4n) is 6.00. The summed E-state index contributed by atoms with van der Waals surface area (Å²) in [6, 6.07) is -1.58. The molecule has 0 radical (unpaired) electrons. The van der Waals surface area contributed by atoms with Gasteiger partial charge in [-0.15, -0.1) is 0 Å². The van der Waals surface area contributed by atoms with E-state index in [-0.39, 0.29) is 31.1 Å². The summed E-state index contributed by atoms with van der Waals surface area (Å²) < 4.78 is 32.5. The van der Waals surface area contributed by atoms with Crippen LogP contribution in [0, 0.1) is 11.8 Å². The van der Waals surface area contributed by atoms with E-state index in [4.69, 9.17) is 24.8 Å². The zero-order valence-electron chi connectivity index (χ0n) is 36.0. The lowest BCUT2D eigenvalue weighted by molar-refractivity contribution is -0.160. The van der Waals surface area contributed by atoms with Crippen LogP contribution in [0.5, 0.6) is 0 Å². The highest BCUT2D eigenvalue weighted by Gasteiger charge is 2.39. The number of aliphatic hydroxyl groups is 3. The summed E-state index contributed by atoms with van der Waals surface area (Å²) in [5.41, 5.74) is 5.32. The van der Waals surface area contributed by atoms with E-state index in [2.05, 4.69) is 73.1 Å². The molecule has 0 aromatic heterocycles. The molecule has 0 saturated heterocycles. The van der Waals surface area contributed by atoms with E-state index < -0.39 is 76.0 Å². The molecule has 1 saturated carbocycles. The number of unbranched alkanes of at least 4 members (excludes halogenated alkanes) is 2. The Bertz CT molecular complexity index is 1520. The van der Waals surface area contributed by atoms with Gasteiger partial charge in [0.25, 0.3) is 0 Å². The van der Waals surface area contributed by atoms with Crippen molar-refractivity contribution in [1.82, 2.24) is 0 Å². The van der Waals surface area contributed by atoms with Crippen molar-refractivity contribution in [2.24, 2.45) is 17.6 Å². The molecule has 1 fully saturated rings. The SMILES string of the molecule is CC/C=C\C/C=C\C/C=C\C/C=C\C/C=C\C/C=C\CCC(=O)O[C@H](COC(=O)C/C=C\C[C@H]1[C@@H](/C=C/[C@H](O)CCCCC)[C@H](O)C[C@@H]1O)COP(=O)(O)OC[C@H](N)C(=O)O. The number of nitrogens with two attached hydrogens (primary N) is 1. The number of aliphatic hydroxyl groups excluding tert-OH is 3. The third-order valence-corrected chi connectivity index (χ3v) is 10.4. The van der Waals surface area contributed by atoms with Crippen molar-refractivity contribution in [3.8, 4) is 0 Å². The Kier molecular flexibility index (Phi) is 31.6. The van der Waals surface area contributed by atoms with Crippen molar-refractivity contribution in [2.45, 2.75) is 141 Å². The first-order valence-electron chi connectivity index (χ1n) is 21.5. The van der Waals surface area contributed by atoms with Gasteiger partial charge in [0, 0.05) is 18.8 Å². The Morgan fingerprint density at radius 2 is 1.33 bits per heavy atom. The summed E-state index contributed by atoms with van der Waals surface area (Å²) >= 11 is 0. The van der Waals surface area contributed by atoms with Gasteiger partial charge in [0.15, 0.2) is 6.10 Å². The van der Waals surface area contributed by atoms with Crippen LogP contribution in [0.2, 0.25) is 0 Å². The summed E-state index contributed by atoms with van der Waals surface area (Å²) in [5.74, 6) is -3.53. The number of hydrogen-bond acceptors (Lipinski definition) is 12. The second kappa shape index (κ2) is 34.8. The predicted octanol–water partition coefficient (Wildman–Crippen LogP) is 7.66. The van der Waals surface area contributed by atoms with Gasteiger partial charge in [-0.05, 0) is 63.7 Å². The molecule has 0 amide bonds. The van der Waals surface area contributed by atoms with Gasteiger partial charge in [-0.3, -0.25) is 23.4 Å². The maximum atomic E-state index is 12.7. The average molecular weight is 878 g/mol. The van der Waals surface area contributed by atoms with E-state index in [1.807, 2.05) is 18.2 Å². The number of ether oxygens (including phenoxy) is 2. The third-order valence-electron chi connectivity index (χ3n) is 9.43. The molecule has 0 bridgehead atoms. The Balaban J connectivity index is 2.61. The van der Waals surface area contributed by atoms with E-state index in [9.17, 15) is 39.2 Å². The average Bonchev–Trinajstić information content (AvgIpc) is 3.49. The lowest BCUT2D eigenvalue weighted by Gasteiger charge is -2.20. The van der Waals surface area contributed by atoms with Gasteiger partial charge < -0.3 is 40.5 Å². The van der Waals surface area contributed by atoms with Crippen molar-refractivity contribution in [1.29, 1.82) is 0 Å². The normalized spacial score (nSPS) is 21.3. The number of phosphoric acid groups is 1. The molecule has 344 valence electrons. The van der Waals surface area contributed by atoms with E-state index in [0.29, 0.717) is 25.7 Å². The van der Waals surface area contributed by atoms with Crippen molar-refractivity contribution in [3.05, 3.63) is 97.2 Å². The molecular weight excluding hydrogens is 805 g/mol. The number of rotatable bonds is 34. The van der Waals surface area contributed by atoms with Crippen LogP contribution in [0.25, 0.3) is 0 Å². The minimum atomic E-state index is -4.82. The summed E-state index contributed by atoms with van der Waals surface area (Å²) in [4.78, 5) is 46.2. The van der Waals surface area contributed by atoms with Gasteiger partial charge >= 0.3 is 25.7 Å². The van der Waals surface area contributed by atoms with Crippen LogP contribution in [0.1, 0.15) is 110 Å². The maximum Gasteiger partial charge on any atom is 0.472 e. The van der Waals surface area contributed by atoms with Crippen molar-refractivity contribution in [2.75, 3.05) is 19.8 Å². The quantitative estimate of drug-likeness (QED) is 0.0158. The number of hydrogen-bond donors (Lipinski definition) is 6. The van der Waals surface area contributed by atoms with Crippen molar-refractivity contribution >= 4 is 25.7 Å². The minimum Gasteiger partial charge on any atom is -0.480 e. The number of allylic oxidation sites excluding steroid dienone is 13. The molecule has 8 atom stereocenters. The van der Waals surface area contributed by atoms with Gasteiger partial charge in [0.05, 0.1) is 37.9 Å². The molecule has 14 nitrogen and oxygen atoms in total. The van der Waals surface area contributed by atoms with Crippen LogP contribution in [-0.4, -0.2) is 93.5 Å². The monoisotopic (exact) mass is 877 g/mol. The summed E-state index contributed by atoms with van der Waals surface area (Å²) in [6.07, 6.45) is 37.7. The van der Waals surface area contributed by atoms with Crippen LogP contribution in [0.4, 0.5) is 0 Å². The predicted molar refractivity (Wildman–Crippen MR) is 237 cm³/mol. The number of phosphoric ester groups is 1. The first kappa shape index (κ1) is 55.3. The van der Waals surface area contributed by atoms with Gasteiger partial charge in [-0.1, -0.05) is 130 Å². The van der Waals surface area contributed by atoms with E-state index in [1.54, 1.807) is 24.3 Å². The molecule has 7 N–H and O–H groups in total. The molecule has 1 unspecified atom stereocenters. The number of carboxylic acids is 1. The summed E-state index contributed by atoms with van der Waals surface area (Å²) in [7, 11) is -4.82. The molecule has 15 heteroatoms. The molecule has 1 aliphatic rings. The largest absolute Gasteiger partial charge is 0.480 e. The van der Waals surface area contributed by atoms with Crippen molar-refractivity contribution in [3.63, 3.8) is 0 Å². The third kappa shape index (κ3) is 29.3. The fraction of sp³-hybridized carbons (Fsp3) is 0.587. The number of aliphatic carboxylic acids is 1. The number of carbonyl (C=O) groups is 3. The Labute approximate surface area is 362 Å². The Morgan fingerprint density at radius 1 is 0.754 bits per heavy atom. The van der Waals surface area contributed by atoms with Gasteiger partial charge in [-0.25, -0.2) is 4.57 Å². The molecule has 61 heavy (non-hydrogen) atoms. The van der Waals surface area contributed by atoms with Gasteiger partial charge in [0.1, 0.15) is 12.6 Å². The van der Waals surface area contributed by atoms with E-state index >= 15 is 0 Å². The second-order valence-corrected chi connectivity index (χ2v) is 16.2. The molecular formula is C46H72NO13P. The van der Waals surface area contributed by atoms with Crippen LogP contribution in [0.15, 0.2) is 97.2 Å². The smallest absolute Gasteiger partial charge is 0.472 e. The highest BCUT2D eigenvalue weighted by molar-refractivity contribution is 7.47. The summed E-state index contributed by atoms with van der Waals surface area (Å²) in [5, 5.41) is 40.2. The van der Waals surface area contributed by atoms with Crippen LogP contribution >= 0.6 is 7.82 Å². The minimum absolute atomic E-state index is 0.0359. The number of esters is 2. The van der Waals surface area contributed by atoms with Gasteiger partial charge in [0.2, 0.25) is 0 Å². The number of carbonyl (C=O) groups excluding carboxylic acids is 2. The maximum absolute atomic E-state index is 12.7. The fourth-order valence-corrected chi connectivity index (χ4v) is 6.78. The van der Waals surface area contributed by atoms with E-state index in [0.717, 1.165) is 51.4 Å². The zero-order valence-corrected chi connectivity index (χ0v) is 36.9. The number of carboxylic acid groups (broad SMARTS) is 1.